The van der Waals surface area contributed by atoms with Crippen molar-refractivity contribution >= 4 is 21.8 Å². The van der Waals surface area contributed by atoms with Gasteiger partial charge in [-0.15, -0.1) is 0 Å². The van der Waals surface area contributed by atoms with Crippen LogP contribution < -0.4 is 5.32 Å². The largest absolute Gasteiger partial charge is 0.343 e. The average molecular weight is 336 g/mol. The highest BCUT2D eigenvalue weighted by Crippen LogP contribution is 2.20. The van der Waals surface area contributed by atoms with Crippen molar-refractivity contribution in [2.24, 2.45) is 0 Å². The van der Waals surface area contributed by atoms with Gasteiger partial charge in [0.15, 0.2) is 0 Å². The molecule has 2 aromatic rings. The number of carbonyl (C=O) groups excluding carboxylic acids is 1. The molecule has 1 N–H and O–H groups in total. The van der Waals surface area contributed by atoms with Gasteiger partial charge in [-0.05, 0) is 54.9 Å². The Morgan fingerprint density at radius 3 is 2.70 bits per heavy atom. The van der Waals surface area contributed by atoms with Crippen molar-refractivity contribution in [2.45, 2.75) is 32.9 Å². The van der Waals surface area contributed by atoms with E-state index in [1.165, 1.54) is 0 Å². The summed E-state index contributed by atoms with van der Waals surface area (Å²) >= 11 is 3.42. The summed E-state index contributed by atoms with van der Waals surface area (Å²) in [5, 5.41) is 2.98. The molecule has 2 rings (SSSR count). The molecule has 2 aromatic heterocycles. The minimum atomic E-state index is -0.127. The van der Waals surface area contributed by atoms with Gasteiger partial charge in [0.2, 0.25) is 0 Å². The lowest BCUT2D eigenvalue weighted by Crippen LogP contribution is -2.29. The third kappa shape index (κ3) is 3.28. The van der Waals surface area contributed by atoms with E-state index in [-0.39, 0.29) is 18.0 Å². The highest BCUT2D eigenvalue weighted by atomic mass is 79.9. The average Bonchev–Trinajstić information content (AvgIpc) is 2.82. The van der Waals surface area contributed by atoms with Crippen LogP contribution in [0.4, 0.5) is 0 Å². The molecule has 0 aliphatic heterocycles. The van der Waals surface area contributed by atoms with Gasteiger partial charge in [-0.3, -0.25) is 9.78 Å². The van der Waals surface area contributed by atoms with Crippen LogP contribution in [0, 0.1) is 0 Å². The van der Waals surface area contributed by atoms with Crippen LogP contribution in [0.5, 0.6) is 0 Å². The second kappa shape index (κ2) is 6.22. The Balaban J connectivity index is 2.16. The maximum atomic E-state index is 12.4. The van der Waals surface area contributed by atoms with E-state index in [0.29, 0.717) is 5.69 Å². The fourth-order valence-corrected chi connectivity index (χ4v) is 2.47. The first-order valence-corrected chi connectivity index (χ1v) is 7.37. The molecule has 0 fully saturated rings. The lowest BCUT2D eigenvalue weighted by Gasteiger charge is -2.16. The molecule has 0 saturated carbocycles. The van der Waals surface area contributed by atoms with Gasteiger partial charge < -0.3 is 9.88 Å². The van der Waals surface area contributed by atoms with Gasteiger partial charge in [-0.2, -0.15) is 0 Å². The van der Waals surface area contributed by atoms with Crippen molar-refractivity contribution < 1.29 is 4.79 Å². The Hall–Kier alpha value is -1.62. The number of hydrogen-bond donors (Lipinski definition) is 1. The molecule has 5 heteroatoms. The second-order valence-corrected chi connectivity index (χ2v) is 5.91. The van der Waals surface area contributed by atoms with Crippen LogP contribution in [0.15, 0.2) is 41.1 Å². The fraction of sp³-hybridized carbons (Fsp3) is 0.333. The van der Waals surface area contributed by atoms with E-state index in [4.69, 9.17) is 0 Å². The Labute approximate surface area is 127 Å². The first-order valence-electron chi connectivity index (χ1n) is 6.58. The molecule has 0 saturated heterocycles. The first-order chi connectivity index (χ1) is 9.49. The van der Waals surface area contributed by atoms with Gasteiger partial charge >= 0.3 is 0 Å². The summed E-state index contributed by atoms with van der Waals surface area (Å²) < 4.78 is 2.85. The zero-order valence-corrected chi connectivity index (χ0v) is 13.4. The van der Waals surface area contributed by atoms with Crippen LogP contribution in [-0.2, 0) is 0 Å². The summed E-state index contributed by atoms with van der Waals surface area (Å²) in [6, 6.07) is 7.62. The Morgan fingerprint density at radius 1 is 1.35 bits per heavy atom. The highest BCUT2D eigenvalue weighted by Gasteiger charge is 2.17. The monoisotopic (exact) mass is 335 g/mol. The summed E-state index contributed by atoms with van der Waals surface area (Å²) in [4.78, 5) is 16.6. The molecule has 20 heavy (non-hydrogen) atoms. The van der Waals surface area contributed by atoms with Crippen LogP contribution in [0.1, 0.15) is 49.0 Å². The number of hydrogen-bond acceptors (Lipinski definition) is 2. The van der Waals surface area contributed by atoms with E-state index < -0.39 is 0 Å². The predicted octanol–water partition coefficient (Wildman–Crippen LogP) is 3.72. The molecule has 2 heterocycles. The topological polar surface area (TPSA) is 46.9 Å². The van der Waals surface area contributed by atoms with Gasteiger partial charge in [0.25, 0.3) is 5.91 Å². The van der Waals surface area contributed by atoms with Crippen LogP contribution >= 0.6 is 15.9 Å². The standard InChI is InChI=1S/C15H18BrN3O/c1-10(2)19-9-12(16)8-14(19)15(20)18-11(3)13-6-4-5-7-17-13/h4-11H,1-3H3,(H,18,20). The van der Waals surface area contributed by atoms with Gasteiger partial charge in [-0.1, -0.05) is 6.07 Å². The number of halogens is 1. The van der Waals surface area contributed by atoms with Crippen LogP contribution in [0.3, 0.4) is 0 Å². The summed E-state index contributed by atoms with van der Waals surface area (Å²) in [5.41, 5.74) is 1.50. The van der Waals surface area contributed by atoms with Crippen molar-refractivity contribution in [1.82, 2.24) is 14.9 Å². The fourth-order valence-electron chi connectivity index (χ4n) is 2.03. The minimum absolute atomic E-state index is 0.0949. The zero-order chi connectivity index (χ0) is 14.7. The molecule has 0 aromatic carbocycles. The quantitative estimate of drug-likeness (QED) is 0.925. The number of pyridine rings is 1. The number of nitrogens with zero attached hydrogens (tertiary/aromatic N) is 2. The Kier molecular flexibility index (Phi) is 4.60. The number of aromatic nitrogens is 2. The molecule has 1 atom stereocenters. The summed E-state index contributed by atoms with van der Waals surface area (Å²) in [6.07, 6.45) is 3.65. The Morgan fingerprint density at radius 2 is 2.10 bits per heavy atom. The van der Waals surface area contributed by atoms with Gasteiger partial charge in [0, 0.05) is 22.9 Å². The number of nitrogens with one attached hydrogen (secondary N) is 1. The summed E-state index contributed by atoms with van der Waals surface area (Å²) in [7, 11) is 0. The molecule has 4 nitrogen and oxygen atoms in total. The molecular weight excluding hydrogens is 318 g/mol. The van der Waals surface area contributed by atoms with Gasteiger partial charge in [0.05, 0.1) is 11.7 Å². The third-order valence-electron chi connectivity index (χ3n) is 3.08. The number of carbonyl (C=O) groups is 1. The number of rotatable bonds is 4. The van der Waals surface area contributed by atoms with E-state index in [2.05, 4.69) is 26.2 Å². The maximum absolute atomic E-state index is 12.4. The smallest absolute Gasteiger partial charge is 0.268 e. The van der Waals surface area contributed by atoms with Crippen molar-refractivity contribution in [3.8, 4) is 0 Å². The lowest BCUT2D eigenvalue weighted by molar-refractivity contribution is 0.0928. The molecule has 0 aliphatic rings. The third-order valence-corrected chi connectivity index (χ3v) is 3.52. The molecule has 0 radical (unpaired) electrons. The van der Waals surface area contributed by atoms with Crippen molar-refractivity contribution in [3.05, 3.63) is 52.5 Å². The lowest BCUT2D eigenvalue weighted by atomic mass is 10.2. The van der Waals surface area contributed by atoms with Gasteiger partial charge in [0.1, 0.15) is 5.69 Å². The molecule has 1 unspecified atom stereocenters. The summed E-state index contributed by atoms with van der Waals surface area (Å²) in [6.45, 7) is 6.02. The maximum Gasteiger partial charge on any atom is 0.268 e. The minimum Gasteiger partial charge on any atom is -0.343 e. The SMILES string of the molecule is CC(NC(=O)c1cc(Br)cn1C(C)C)c1ccccn1. The molecule has 0 bridgehead atoms. The van der Waals surface area contributed by atoms with E-state index in [9.17, 15) is 4.79 Å². The van der Waals surface area contributed by atoms with Crippen molar-refractivity contribution in [1.29, 1.82) is 0 Å². The van der Waals surface area contributed by atoms with Gasteiger partial charge in [-0.25, -0.2) is 0 Å². The highest BCUT2D eigenvalue weighted by molar-refractivity contribution is 9.10. The molecule has 0 aliphatic carbocycles. The summed E-state index contributed by atoms with van der Waals surface area (Å²) in [5.74, 6) is -0.0949. The normalized spacial score (nSPS) is 12.4. The Bertz CT molecular complexity index is 592. The van der Waals surface area contributed by atoms with Crippen molar-refractivity contribution in [2.75, 3.05) is 0 Å². The molecule has 0 spiro atoms. The second-order valence-electron chi connectivity index (χ2n) is 4.99. The van der Waals surface area contributed by atoms with E-state index in [1.54, 1.807) is 6.20 Å². The number of amides is 1. The van der Waals surface area contributed by atoms with Crippen LogP contribution in [-0.4, -0.2) is 15.5 Å². The predicted molar refractivity (Wildman–Crippen MR) is 82.6 cm³/mol. The zero-order valence-electron chi connectivity index (χ0n) is 11.8. The molecule has 106 valence electrons. The van der Waals surface area contributed by atoms with E-state index >= 15 is 0 Å². The van der Waals surface area contributed by atoms with Crippen molar-refractivity contribution in [3.63, 3.8) is 0 Å². The van der Waals surface area contributed by atoms with Crippen LogP contribution in [0.25, 0.3) is 0 Å². The molecule has 1 amide bonds. The van der Waals surface area contributed by atoms with Crippen LogP contribution in [0.2, 0.25) is 0 Å². The van der Waals surface area contributed by atoms with E-state index in [0.717, 1.165) is 10.2 Å². The molecular formula is C15H18BrN3O. The first kappa shape index (κ1) is 14.8. The van der Waals surface area contributed by atoms with E-state index in [1.807, 2.05) is 55.8 Å².